The molecule has 11 heavy (non-hydrogen) atoms. The summed E-state index contributed by atoms with van der Waals surface area (Å²) in [5, 5.41) is 0. The van der Waals surface area contributed by atoms with Crippen LogP contribution in [0, 0.1) is 5.41 Å². The second kappa shape index (κ2) is 5.86. The van der Waals surface area contributed by atoms with Crippen LogP contribution in [-0.2, 0) is 4.74 Å². The maximum absolute atomic E-state index is 5.75. The van der Waals surface area contributed by atoms with Crippen molar-refractivity contribution in [3.63, 3.8) is 0 Å². The predicted molar refractivity (Wildman–Crippen MR) is 54.3 cm³/mol. The van der Waals surface area contributed by atoms with Crippen LogP contribution in [-0.4, -0.2) is 19.8 Å². The van der Waals surface area contributed by atoms with Crippen LogP contribution >= 0.6 is 13.5 Å². The summed E-state index contributed by atoms with van der Waals surface area (Å²) in [4.78, 5) is 0. The number of hydrogen-bond acceptors (Lipinski definition) is 2. The van der Waals surface area contributed by atoms with Gasteiger partial charge in [0.15, 0.2) is 0 Å². The molecule has 0 saturated heterocycles. The fraction of sp³-hybridized carbons (Fsp3) is 1.00. The molecule has 0 aromatic rings. The molecule has 3 heteroatoms. The van der Waals surface area contributed by atoms with Crippen molar-refractivity contribution in [3.05, 3.63) is 0 Å². The monoisotopic (exact) mass is 179 g/mol. The van der Waals surface area contributed by atoms with E-state index in [1.54, 1.807) is 7.11 Å². The lowest BCUT2D eigenvalue weighted by Crippen LogP contribution is -2.30. The van der Waals surface area contributed by atoms with Gasteiger partial charge in [-0.1, -0.05) is 20.8 Å². The lowest BCUT2D eigenvalue weighted by atomic mass is 9.89. The van der Waals surface area contributed by atoms with Gasteiger partial charge < -0.3 is 10.5 Å². The smallest absolute Gasteiger partial charge is 0.0613 e. The normalized spacial score (nSPS) is 13.9. The Morgan fingerprint density at radius 1 is 1.36 bits per heavy atom. The Morgan fingerprint density at radius 3 is 2.09 bits per heavy atom. The van der Waals surface area contributed by atoms with Crippen molar-refractivity contribution in [1.82, 2.24) is 0 Å². The first-order valence-electron chi connectivity index (χ1n) is 3.70. The first-order valence-corrected chi connectivity index (χ1v) is 3.70. The number of hydrogen-bond donors (Lipinski definition) is 1. The minimum absolute atomic E-state index is 0. The van der Waals surface area contributed by atoms with Gasteiger partial charge in [0.05, 0.1) is 6.61 Å². The third-order valence-corrected chi connectivity index (χ3v) is 1.26. The Morgan fingerprint density at radius 2 is 1.82 bits per heavy atom. The molecule has 1 atom stereocenters. The first-order chi connectivity index (χ1) is 4.45. The van der Waals surface area contributed by atoms with Crippen LogP contribution in [0.5, 0.6) is 0 Å². The number of methoxy groups -OCH3 is 1. The second-order valence-corrected chi connectivity index (χ2v) is 3.98. The zero-order valence-electron chi connectivity index (χ0n) is 7.98. The van der Waals surface area contributed by atoms with Gasteiger partial charge in [0.1, 0.15) is 0 Å². The van der Waals surface area contributed by atoms with E-state index in [1.165, 1.54) is 0 Å². The largest absolute Gasteiger partial charge is 0.383 e. The van der Waals surface area contributed by atoms with Crippen LogP contribution in [0.25, 0.3) is 0 Å². The highest BCUT2D eigenvalue weighted by atomic mass is 32.1. The van der Waals surface area contributed by atoms with Crippen molar-refractivity contribution >= 4 is 13.5 Å². The third kappa shape index (κ3) is 10.3. The highest BCUT2D eigenvalue weighted by Gasteiger charge is 2.14. The molecule has 0 heterocycles. The van der Waals surface area contributed by atoms with E-state index in [0.29, 0.717) is 12.0 Å². The highest BCUT2D eigenvalue weighted by molar-refractivity contribution is 7.59. The lowest BCUT2D eigenvalue weighted by Gasteiger charge is -2.22. The van der Waals surface area contributed by atoms with E-state index in [9.17, 15) is 0 Å². The Kier molecular flexibility index (Phi) is 7.37. The number of ether oxygens (including phenoxy) is 1. The van der Waals surface area contributed by atoms with Crippen LogP contribution in [0.4, 0.5) is 0 Å². The Labute approximate surface area is 76.9 Å². The van der Waals surface area contributed by atoms with Gasteiger partial charge in [-0.15, -0.1) is 0 Å². The van der Waals surface area contributed by atoms with Crippen molar-refractivity contribution in [1.29, 1.82) is 0 Å². The second-order valence-electron chi connectivity index (χ2n) is 3.98. The molecule has 0 fully saturated rings. The van der Waals surface area contributed by atoms with E-state index in [-0.39, 0.29) is 19.5 Å². The minimum atomic E-state index is 0. The van der Waals surface area contributed by atoms with Crippen molar-refractivity contribution in [2.24, 2.45) is 11.1 Å². The van der Waals surface area contributed by atoms with Gasteiger partial charge in [0.25, 0.3) is 0 Å². The van der Waals surface area contributed by atoms with E-state index < -0.39 is 0 Å². The number of nitrogens with two attached hydrogens (primary N) is 1. The predicted octanol–water partition coefficient (Wildman–Crippen LogP) is 1.51. The molecule has 0 aromatic carbocycles. The fourth-order valence-corrected chi connectivity index (χ4v) is 1.06. The van der Waals surface area contributed by atoms with Crippen LogP contribution in [0.15, 0.2) is 0 Å². The van der Waals surface area contributed by atoms with Gasteiger partial charge in [-0.25, -0.2) is 0 Å². The maximum Gasteiger partial charge on any atom is 0.0613 e. The molecule has 0 saturated carbocycles. The average molecular weight is 179 g/mol. The van der Waals surface area contributed by atoms with E-state index in [2.05, 4.69) is 20.8 Å². The van der Waals surface area contributed by atoms with Crippen LogP contribution in [0.3, 0.4) is 0 Å². The van der Waals surface area contributed by atoms with Gasteiger partial charge in [-0.3, -0.25) is 0 Å². The first kappa shape index (κ1) is 13.8. The molecule has 0 aliphatic heterocycles. The quantitative estimate of drug-likeness (QED) is 0.713. The Hall–Kier alpha value is 0.270. The molecular weight excluding hydrogens is 158 g/mol. The molecule has 0 bridgehead atoms. The van der Waals surface area contributed by atoms with Gasteiger partial charge in [0.2, 0.25) is 0 Å². The van der Waals surface area contributed by atoms with Crippen LogP contribution < -0.4 is 5.73 Å². The third-order valence-electron chi connectivity index (χ3n) is 1.26. The van der Waals surface area contributed by atoms with Gasteiger partial charge in [-0.05, 0) is 11.8 Å². The van der Waals surface area contributed by atoms with Gasteiger partial charge >= 0.3 is 0 Å². The summed E-state index contributed by atoms with van der Waals surface area (Å²) in [6.07, 6.45) is 1.01. The minimum Gasteiger partial charge on any atom is -0.383 e. The molecule has 0 aliphatic rings. The molecule has 2 nitrogen and oxygen atoms in total. The van der Waals surface area contributed by atoms with Gasteiger partial charge in [0, 0.05) is 13.2 Å². The van der Waals surface area contributed by atoms with E-state index in [0.717, 1.165) is 6.42 Å². The van der Waals surface area contributed by atoms with Crippen LogP contribution in [0.2, 0.25) is 0 Å². The Bertz CT molecular complexity index is 90.6. The topological polar surface area (TPSA) is 35.2 Å². The van der Waals surface area contributed by atoms with E-state index >= 15 is 0 Å². The molecule has 0 spiro atoms. The molecular formula is C8H21NOS. The fourth-order valence-electron chi connectivity index (χ4n) is 1.06. The zero-order valence-corrected chi connectivity index (χ0v) is 8.98. The summed E-state index contributed by atoms with van der Waals surface area (Å²) >= 11 is 0. The summed E-state index contributed by atoms with van der Waals surface area (Å²) in [5.41, 5.74) is 6.06. The Balaban J connectivity index is 0. The summed E-state index contributed by atoms with van der Waals surface area (Å²) < 4.78 is 4.92. The zero-order chi connectivity index (χ0) is 8.20. The lowest BCUT2D eigenvalue weighted by molar-refractivity contribution is 0.160. The molecule has 0 aromatic heterocycles. The average Bonchev–Trinajstić information content (AvgIpc) is 1.59. The van der Waals surface area contributed by atoms with Crippen molar-refractivity contribution in [3.8, 4) is 0 Å². The number of rotatable bonds is 3. The van der Waals surface area contributed by atoms with Crippen molar-refractivity contribution in [2.75, 3.05) is 13.7 Å². The standard InChI is InChI=1S/C8H19NO.H2S/c1-8(2,3)5-7(9)6-10-4;/h7H,5-6,9H2,1-4H3;1H2/t7-;/m1./s1. The van der Waals surface area contributed by atoms with Gasteiger partial charge in [-0.2, -0.15) is 13.5 Å². The summed E-state index contributed by atoms with van der Waals surface area (Å²) in [7, 11) is 1.68. The van der Waals surface area contributed by atoms with Crippen LogP contribution in [0.1, 0.15) is 27.2 Å². The summed E-state index contributed by atoms with van der Waals surface area (Å²) in [5.74, 6) is 0. The summed E-state index contributed by atoms with van der Waals surface area (Å²) in [6.45, 7) is 7.21. The molecule has 0 amide bonds. The van der Waals surface area contributed by atoms with E-state index in [1.807, 2.05) is 0 Å². The molecule has 0 radical (unpaired) electrons. The molecule has 2 N–H and O–H groups in total. The summed E-state index contributed by atoms with van der Waals surface area (Å²) in [6, 6.07) is 0.185. The molecule has 0 unspecified atom stereocenters. The highest BCUT2D eigenvalue weighted by Crippen LogP contribution is 2.19. The van der Waals surface area contributed by atoms with Crippen molar-refractivity contribution in [2.45, 2.75) is 33.2 Å². The SMILES string of the molecule is COC[C@H](N)CC(C)(C)C.S. The molecule has 70 valence electrons. The molecule has 0 aliphatic carbocycles. The molecule has 0 rings (SSSR count). The maximum atomic E-state index is 5.75. The van der Waals surface area contributed by atoms with E-state index in [4.69, 9.17) is 10.5 Å². The van der Waals surface area contributed by atoms with Crippen molar-refractivity contribution < 1.29 is 4.74 Å².